The first-order valence-corrected chi connectivity index (χ1v) is 5.65. The van der Waals surface area contributed by atoms with Gasteiger partial charge in [-0.2, -0.15) is 5.10 Å². The molecule has 2 rings (SSSR count). The fraction of sp³-hybridized carbons (Fsp3) is 0.417. The molecule has 0 unspecified atom stereocenters. The second-order valence-electron chi connectivity index (χ2n) is 4.29. The molecule has 0 bridgehead atoms. The number of aromatic carboxylic acids is 1. The van der Waals surface area contributed by atoms with Crippen molar-refractivity contribution in [1.29, 1.82) is 0 Å². The standard InChI is InChI=1S/C12H15N3O2/c1-4-8-5-11-13-9(7(2)3)6-10(12(16)17)15(11)14-8/h5-7H,4H2,1-3H3,(H,16,17). The molecule has 0 fully saturated rings. The van der Waals surface area contributed by atoms with E-state index in [9.17, 15) is 9.90 Å². The second kappa shape index (κ2) is 4.16. The van der Waals surface area contributed by atoms with Gasteiger partial charge in [0.2, 0.25) is 0 Å². The summed E-state index contributed by atoms with van der Waals surface area (Å²) in [5, 5.41) is 13.4. The van der Waals surface area contributed by atoms with Gasteiger partial charge in [0.15, 0.2) is 11.3 Å². The molecule has 0 spiro atoms. The first kappa shape index (κ1) is 11.6. The van der Waals surface area contributed by atoms with E-state index in [4.69, 9.17) is 0 Å². The van der Waals surface area contributed by atoms with Crippen LogP contribution in [0.2, 0.25) is 0 Å². The van der Waals surface area contributed by atoms with E-state index in [2.05, 4.69) is 10.1 Å². The lowest BCUT2D eigenvalue weighted by Crippen LogP contribution is -2.10. The zero-order valence-electron chi connectivity index (χ0n) is 10.1. The molecule has 2 aromatic heterocycles. The van der Waals surface area contributed by atoms with Crippen LogP contribution in [0.15, 0.2) is 12.1 Å². The number of aryl methyl sites for hydroxylation is 1. The summed E-state index contributed by atoms with van der Waals surface area (Å²) >= 11 is 0. The van der Waals surface area contributed by atoms with E-state index in [0.717, 1.165) is 17.8 Å². The van der Waals surface area contributed by atoms with Crippen molar-refractivity contribution in [2.45, 2.75) is 33.1 Å². The molecule has 0 atom stereocenters. The summed E-state index contributed by atoms with van der Waals surface area (Å²) in [5.41, 5.74) is 2.39. The van der Waals surface area contributed by atoms with Crippen molar-refractivity contribution < 1.29 is 9.90 Å². The van der Waals surface area contributed by atoms with Crippen LogP contribution in [0, 0.1) is 0 Å². The molecule has 5 heteroatoms. The lowest BCUT2D eigenvalue weighted by Gasteiger charge is -2.06. The van der Waals surface area contributed by atoms with Gasteiger partial charge in [-0.15, -0.1) is 0 Å². The number of fused-ring (bicyclic) bond motifs is 1. The van der Waals surface area contributed by atoms with E-state index >= 15 is 0 Å². The molecule has 90 valence electrons. The van der Waals surface area contributed by atoms with Gasteiger partial charge in [0.1, 0.15) is 0 Å². The molecule has 0 aliphatic carbocycles. The summed E-state index contributed by atoms with van der Waals surface area (Å²) in [6.07, 6.45) is 0.763. The fourth-order valence-corrected chi connectivity index (χ4v) is 1.66. The van der Waals surface area contributed by atoms with Crippen molar-refractivity contribution in [2.24, 2.45) is 0 Å². The number of carbonyl (C=O) groups is 1. The lowest BCUT2D eigenvalue weighted by atomic mass is 10.1. The van der Waals surface area contributed by atoms with E-state index in [0.29, 0.717) is 5.65 Å². The van der Waals surface area contributed by atoms with Crippen molar-refractivity contribution in [2.75, 3.05) is 0 Å². The van der Waals surface area contributed by atoms with Crippen molar-refractivity contribution >= 4 is 11.6 Å². The summed E-state index contributed by atoms with van der Waals surface area (Å²) < 4.78 is 1.40. The largest absolute Gasteiger partial charge is 0.477 e. The molecule has 2 aromatic rings. The number of hydrogen-bond acceptors (Lipinski definition) is 3. The highest BCUT2D eigenvalue weighted by Gasteiger charge is 2.15. The van der Waals surface area contributed by atoms with Gasteiger partial charge in [0, 0.05) is 11.8 Å². The molecule has 5 nitrogen and oxygen atoms in total. The highest BCUT2D eigenvalue weighted by molar-refractivity contribution is 5.86. The highest BCUT2D eigenvalue weighted by atomic mass is 16.4. The summed E-state index contributed by atoms with van der Waals surface area (Å²) in [6, 6.07) is 3.42. The number of carboxylic acid groups (broad SMARTS) is 1. The molecular weight excluding hydrogens is 218 g/mol. The Bertz CT molecular complexity index is 572. The van der Waals surface area contributed by atoms with E-state index < -0.39 is 5.97 Å². The van der Waals surface area contributed by atoms with Crippen molar-refractivity contribution in [3.05, 3.63) is 29.2 Å². The zero-order chi connectivity index (χ0) is 12.6. The predicted molar refractivity (Wildman–Crippen MR) is 63.4 cm³/mol. The Kier molecular flexibility index (Phi) is 2.83. The minimum absolute atomic E-state index is 0.165. The van der Waals surface area contributed by atoms with Gasteiger partial charge < -0.3 is 5.11 Å². The molecule has 0 aromatic carbocycles. The highest BCUT2D eigenvalue weighted by Crippen LogP contribution is 2.16. The van der Waals surface area contributed by atoms with Gasteiger partial charge in [-0.1, -0.05) is 20.8 Å². The maximum Gasteiger partial charge on any atom is 0.354 e. The van der Waals surface area contributed by atoms with Crippen LogP contribution in [0.5, 0.6) is 0 Å². The number of rotatable bonds is 3. The topological polar surface area (TPSA) is 67.5 Å². The first-order chi connectivity index (χ1) is 8.02. The Balaban J connectivity index is 2.74. The molecule has 0 saturated heterocycles. The molecule has 1 N–H and O–H groups in total. The fourth-order valence-electron chi connectivity index (χ4n) is 1.66. The van der Waals surface area contributed by atoms with Gasteiger partial charge in [-0.25, -0.2) is 14.3 Å². The van der Waals surface area contributed by atoms with Crippen LogP contribution in [0.25, 0.3) is 5.65 Å². The Hall–Kier alpha value is -1.91. The quantitative estimate of drug-likeness (QED) is 0.881. The molecule has 0 aliphatic heterocycles. The Morgan fingerprint density at radius 2 is 2.18 bits per heavy atom. The summed E-state index contributed by atoms with van der Waals surface area (Å²) in [4.78, 5) is 15.6. The van der Waals surface area contributed by atoms with Gasteiger partial charge >= 0.3 is 5.97 Å². The van der Waals surface area contributed by atoms with Gasteiger partial charge in [-0.3, -0.25) is 0 Å². The number of hydrogen-bond donors (Lipinski definition) is 1. The average Bonchev–Trinajstić information content (AvgIpc) is 2.69. The SMILES string of the molecule is CCc1cc2nc(C(C)C)cc(C(=O)O)n2n1. The minimum atomic E-state index is -0.981. The molecular formula is C12H15N3O2. The average molecular weight is 233 g/mol. The maximum absolute atomic E-state index is 11.2. The van der Waals surface area contributed by atoms with Crippen LogP contribution < -0.4 is 0 Å². The molecule has 17 heavy (non-hydrogen) atoms. The number of aromatic nitrogens is 3. The molecule has 0 amide bonds. The van der Waals surface area contributed by atoms with E-state index in [1.807, 2.05) is 26.8 Å². The summed E-state index contributed by atoms with van der Waals surface area (Å²) in [7, 11) is 0. The third-order valence-corrected chi connectivity index (χ3v) is 2.67. The second-order valence-corrected chi connectivity index (χ2v) is 4.29. The van der Waals surface area contributed by atoms with Crippen molar-refractivity contribution in [3.8, 4) is 0 Å². The Labute approximate surface area is 99.1 Å². The molecule has 2 heterocycles. The van der Waals surface area contributed by atoms with Gasteiger partial charge in [0.25, 0.3) is 0 Å². The zero-order valence-corrected chi connectivity index (χ0v) is 10.1. The van der Waals surface area contributed by atoms with Crippen LogP contribution in [0.4, 0.5) is 0 Å². The van der Waals surface area contributed by atoms with Crippen LogP contribution in [-0.4, -0.2) is 25.7 Å². The first-order valence-electron chi connectivity index (χ1n) is 5.65. The minimum Gasteiger partial charge on any atom is -0.477 e. The summed E-state index contributed by atoms with van der Waals surface area (Å²) in [6.45, 7) is 5.95. The maximum atomic E-state index is 11.2. The third kappa shape index (κ3) is 2.00. The number of carboxylic acids is 1. The number of nitrogens with zero attached hydrogens (tertiary/aromatic N) is 3. The predicted octanol–water partition coefficient (Wildman–Crippen LogP) is 2.11. The van der Waals surface area contributed by atoms with E-state index in [-0.39, 0.29) is 11.6 Å². The smallest absolute Gasteiger partial charge is 0.354 e. The van der Waals surface area contributed by atoms with Gasteiger partial charge in [0.05, 0.1) is 5.69 Å². The van der Waals surface area contributed by atoms with Crippen LogP contribution in [-0.2, 0) is 6.42 Å². The van der Waals surface area contributed by atoms with E-state index in [1.54, 1.807) is 6.07 Å². The van der Waals surface area contributed by atoms with Gasteiger partial charge in [-0.05, 0) is 18.4 Å². The molecule has 0 radical (unpaired) electrons. The van der Waals surface area contributed by atoms with E-state index in [1.165, 1.54) is 4.52 Å². The monoisotopic (exact) mass is 233 g/mol. The summed E-state index contributed by atoms with van der Waals surface area (Å²) in [5.74, 6) is -0.789. The molecule has 0 aliphatic rings. The molecule has 0 saturated carbocycles. The van der Waals surface area contributed by atoms with Crippen LogP contribution >= 0.6 is 0 Å². The lowest BCUT2D eigenvalue weighted by molar-refractivity contribution is 0.0687. The normalized spacial score (nSPS) is 11.3. The van der Waals surface area contributed by atoms with Crippen molar-refractivity contribution in [1.82, 2.24) is 14.6 Å². The Morgan fingerprint density at radius 1 is 1.47 bits per heavy atom. The van der Waals surface area contributed by atoms with Crippen LogP contribution in [0.1, 0.15) is 48.6 Å². The Morgan fingerprint density at radius 3 is 2.71 bits per heavy atom. The van der Waals surface area contributed by atoms with Crippen molar-refractivity contribution in [3.63, 3.8) is 0 Å². The van der Waals surface area contributed by atoms with Crippen LogP contribution in [0.3, 0.4) is 0 Å². The third-order valence-electron chi connectivity index (χ3n) is 2.67.